The van der Waals surface area contributed by atoms with Gasteiger partial charge in [-0.3, -0.25) is 9.78 Å². The number of amides is 1. The lowest BCUT2D eigenvalue weighted by molar-refractivity contribution is -0.117. The maximum Gasteiger partial charge on any atom is 0.223 e. The number of nitrogens with two attached hydrogens (primary N) is 1. The van der Waals surface area contributed by atoms with Crippen LogP contribution in [0.25, 0.3) is 10.8 Å². The van der Waals surface area contributed by atoms with E-state index in [1.807, 2.05) is 0 Å². The number of rotatable bonds is 2. The van der Waals surface area contributed by atoms with E-state index in [1.165, 1.54) is 12.3 Å². The van der Waals surface area contributed by atoms with E-state index < -0.39 is 23.4 Å². The number of carbonyl (C=O) groups is 1. The van der Waals surface area contributed by atoms with Gasteiger partial charge in [0.25, 0.3) is 0 Å². The minimum absolute atomic E-state index is 0.0442. The van der Waals surface area contributed by atoms with Crippen molar-refractivity contribution in [1.82, 2.24) is 4.98 Å². The van der Waals surface area contributed by atoms with Gasteiger partial charge >= 0.3 is 0 Å². The molecule has 1 aromatic heterocycles. The molecule has 0 spiro atoms. The Morgan fingerprint density at radius 1 is 1.24 bits per heavy atom. The summed E-state index contributed by atoms with van der Waals surface area (Å²) in [5.41, 5.74) is 5.10. The average Bonchev–Trinajstić information content (AvgIpc) is 2.27. The Bertz CT molecular complexity index is 613. The molecule has 2 N–H and O–H groups in total. The molecule has 0 unspecified atom stereocenters. The van der Waals surface area contributed by atoms with Crippen molar-refractivity contribution < 1.29 is 18.0 Å². The predicted molar refractivity (Wildman–Crippen MR) is 54.5 cm³/mol. The zero-order valence-electron chi connectivity index (χ0n) is 8.51. The van der Waals surface area contributed by atoms with Crippen LogP contribution in [0.3, 0.4) is 0 Å². The number of aromatic nitrogens is 1. The highest BCUT2D eigenvalue weighted by Crippen LogP contribution is 2.24. The second kappa shape index (κ2) is 4.04. The van der Waals surface area contributed by atoms with Crippen molar-refractivity contribution in [1.29, 1.82) is 0 Å². The lowest BCUT2D eigenvalue weighted by Gasteiger charge is -2.06. The van der Waals surface area contributed by atoms with Gasteiger partial charge in [0.15, 0.2) is 17.5 Å². The minimum Gasteiger partial charge on any atom is -0.369 e. The number of primary amides is 1. The van der Waals surface area contributed by atoms with Crippen molar-refractivity contribution in [2.24, 2.45) is 5.73 Å². The van der Waals surface area contributed by atoms with Gasteiger partial charge in [0.1, 0.15) is 0 Å². The number of hydrogen-bond acceptors (Lipinski definition) is 2. The first-order valence-corrected chi connectivity index (χ1v) is 4.70. The van der Waals surface area contributed by atoms with Crippen LogP contribution in [0.2, 0.25) is 0 Å². The Morgan fingerprint density at radius 2 is 1.94 bits per heavy atom. The van der Waals surface area contributed by atoms with Crippen molar-refractivity contribution in [3.05, 3.63) is 41.5 Å². The van der Waals surface area contributed by atoms with Crippen LogP contribution in [-0.4, -0.2) is 10.9 Å². The fraction of sp³-hybridized carbons (Fsp3) is 0.0909. The number of hydrogen-bond donors (Lipinski definition) is 1. The van der Waals surface area contributed by atoms with Crippen molar-refractivity contribution in [2.75, 3.05) is 0 Å². The fourth-order valence-electron chi connectivity index (χ4n) is 1.59. The molecule has 0 bridgehead atoms. The van der Waals surface area contributed by atoms with Crippen LogP contribution in [0.1, 0.15) is 5.69 Å². The molecule has 0 radical (unpaired) electrons. The number of fused-ring (bicyclic) bond motifs is 1. The Hall–Kier alpha value is -2.11. The van der Waals surface area contributed by atoms with Crippen molar-refractivity contribution in [3.63, 3.8) is 0 Å². The average molecular weight is 240 g/mol. The molecular formula is C11H7F3N2O. The number of halogens is 3. The molecule has 0 aliphatic heterocycles. The SMILES string of the molecule is NC(=O)Cc1nccc2c(F)c(F)c(F)cc12. The summed E-state index contributed by atoms with van der Waals surface area (Å²) < 4.78 is 39.5. The summed E-state index contributed by atoms with van der Waals surface area (Å²) in [6, 6.07) is 2.01. The van der Waals surface area contributed by atoms with Gasteiger partial charge in [-0.1, -0.05) is 0 Å². The molecule has 6 heteroatoms. The Kier molecular flexibility index (Phi) is 2.71. The zero-order valence-corrected chi connectivity index (χ0v) is 8.51. The van der Waals surface area contributed by atoms with Crippen LogP contribution in [0.15, 0.2) is 18.3 Å². The first-order chi connectivity index (χ1) is 8.00. The third-order valence-electron chi connectivity index (χ3n) is 2.32. The number of nitrogens with zero attached hydrogens (tertiary/aromatic N) is 1. The zero-order chi connectivity index (χ0) is 12.6. The molecule has 0 fully saturated rings. The normalized spacial score (nSPS) is 10.8. The smallest absolute Gasteiger partial charge is 0.223 e. The van der Waals surface area contributed by atoms with Crippen molar-refractivity contribution in [3.8, 4) is 0 Å². The van der Waals surface area contributed by atoms with E-state index in [2.05, 4.69) is 4.98 Å². The molecule has 2 rings (SSSR count). The monoisotopic (exact) mass is 240 g/mol. The highest BCUT2D eigenvalue weighted by atomic mass is 19.2. The molecule has 2 aromatic rings. The summed E-state index contributed by atoms with van der Waals surface area (Å²) in [5, 5.41) is -0.0853. The lowest BCUT2D eigenvalue weighted by Crippen LogP contribution is -2.15. The summed E-state index contributed by atoms with van der Waals surface area (Å²) in [6.45, 7) is 0. The van der Waals surface area contributed by atoms with E-state index in [9.17, 15) is 18.0 Å². The third-order valence-corrected chi connectivity index (χ3v) is 2.32. The predicted octanol–water partition coefficient (Wildman–Crippen LogP) is 1.68. The molecule has 0 atom stereocenters. The largest absolute Gasteiger partial charge is 0.369 e. The van der Waals surface area contributed by atoms with E-state index >= 15 is 0 Å². The van der Waals surface area contributed by atoms with Crippen LogP contribution in [0, 0.1) is 17.5 Å². The van der Waals surface area contributed by atoms with E-state index in [0.29, 0.717) is 0 Å². The highest BCUT2D eigenvalue weighted by Gasteiger charge is 2.16. The van der Waals surface area contributed by atoms with Gasteiger partial charge in [-0.15, -0.1) is 0 Å². The summed E-state index contributed by atoms with van der Waals surface area (Å²) >= 11 is 0. The van der Waals surface area contributed by atoms with Crippen LogP contribution >= 0.6 is 0 Å². The van der Waals surface area contributed by atoms with Crippen LogP contribution in [0.4, 0.5) is 13.2 Å². The van der Waals surface area contributed by atoms with E-state index in [4.69, 9.17) is 5.73 Å². The van der Waals surface area contributed by atoms with Gasteiger partial charge < -0.3 is 5.73 Å². The fourth-order valence-corrected chi connectivity index (χ4v) is 1.59. The van der Waals surface area contributed by atoms with Crippen molar-refractivity contribution in [2.45, 2.75) is 6.42 Å². The van der Waals surface area contributed by atoms with Gasteiger partial charge in [-0.25, -0.2) is 13.2 Å². The number of pyridine rings is 1. The van der Waals surface area contributed by atoms with Gasteiger partial charge in [-0.2, -0.15) is 0 Å². The molecule has 0 saturated carbocycles. The summed E-state index contributed by atoms with van der Waals surface area (Å²) in [5.74, 6) is -4.86. The summed E-state index contributed by atoms with van der Waals surface area (Å²) in [4.78, 5) is 14.6. The Morgan fingerprint density at radius 3 is 2.59 bits per heavy atom. The lowest BCUT2D eigenvalue weighted by atomic mass is 10.1. The molecule has 17 heavy (non-hydrogen) atoms. The quantitative estimate of drug-likeness (QED) is 0.812. The second-order valence-electron chi connectivity index (χ2n) is 3.48. The molecule has 0 aliphatic rings. The molecule has 0 aliphatic carbocycles. The molecule has 1 amide bonds. The number of carbonyl (C=O) groups excluding carboxylic acids is 1. The van der Waals surface area contributed by atoms with Gasteiger partial charge in [0, 0.05) is 17.0 Å². The van der Waals surface area contributed by atoms with Gasteiger partial charge in [0.2, 0.25) is 5.91 Å². The third kappa shape index (κ3) is 1.93. The number of benzene rings is 1. The molecule has 0 saturated heterocycles. The maximum absolute atomic E-state index is 13.4. The Labute approximate surface area is 94.1 Å². The maximum atomic E-state index is 13.4. The van der Waals surface area contributed by atoms with E-state index in [-0.39, 0.29) is 22.9 Å². The van der Waals surface area contributed by atoms with E-state index in [0.717, 1.165) is 6.07 Å². The Balaban J connectivity index is 2.76. The second-order valence-corrected chi connectivity index (χ2v) is 3.48. The first kappa shape index (κ1) is 11.4. The molecule has 88 valence electrons. The molecule has 1 aromatic carbocycles. The molecule has 3 nitrogen and oxygen atoms in total. The van der Waals surface area contributed by atoms with Crippen molar-refractivity contribution >= 4 is 16.7 Å². The standard InChI is InChI=1S/C11H7F3N2O/c12-7-3-6-5(10(13)11(7)14)1-2-16-8(6)4-9(15)17/h1-3H,4H2,(H2,15,17). The molecular weight excluding hydrogens is 233 g/mol. The highest BCUT2D eigenvalue weighted by molar-refractivity contribution is 5.89. The van der Waals surface area contributed by atoms with Crippen LogP contribution in [-0.2, 0) is 11.2 Å². The van der Waals surface area contributed by atoms with Crippen LogP contribution in [0.5, 0.6) is 0 Å². The van der Waals surface area contributed by atoms with Crippen LogP contribution < -0.4 is 5.73 Å². The minimum atomic E-state index is -1.55. The summed E-state index contributed by atoms with van der Waals surface area (Å²) in [6.07, 6.45) is 0.947. The first-order valence-electron chi connectivity index (χ1n) is 4.70. The topological polar surface area (TPSA) is 56.0 Å². The van der Waals surface area contributed by atoms with E-state index in [1.54, 1.807) is 0 Å². The van der Waals surface area contributed by atoms with Gasteiger partial charge in [0.05, 0.1) is 12.1 Å². The van der Waals surface area contributed by atoms with Gasteiger partial charge in [-0.05, 0) is 12.1 Å². The molecule has 1 heterocycles. The summed E-state index contributed by atoms with van der Waals surface area (Å²) in [7, 11) is 0.